The molecule has 0 aliphatic rings. The van der Waals surface area contributed by atoms with E-state index >= 15 is 0 Å². The number of ether oxygens (including phenoxy) is 5. The Morgan fingerprint density at radius 3 is 2.47 bits per heavy atom. The number of aromatic amines is 1. The molecule has 3 rings (SSSR count). The molecule has 0 unspecified atom stereocenters. The third-order valence-electron chi connectivity index (χ3n) is 4.29. The SMILES string of the molecule is COCC(COC)NC(=O)Oc1c[nH]c2ncc(-c3ccc(OC)c(OC)c3)nc12. The minimum atomic E-state index is -0.645. The van der Waals surface area contributed by atoms with Crippen molar-refractivity contribution in [2.75, 3.05) is 41.7 Å². The van der Waals surface area contributed by atoms with Crippen LogP contribution >= 0.6 is 0 Å². The Kier molecular flexibility index (Phi) is 7.04. The van der Waals surface area contributed by atoms with E-state index in [-0.39, 0.29) is 11.8 Å². The van der Waals surface area contributed by atoms with E-state index in [2.05, 4.69) is 20.3 Å². The minimum absolute atomic E-state index is 0.255. The van der Waals surface area contributed by atoms with Crippen LogP contribution < -0.4 is 19.5 Å². The quantitative estimate of drug-likeness (QED) is 0.546. The number of nitrogens with zero attached hydrogens (tertiary/aromatic N) is 2. The molecule has 0 aliphatic heterocycles. The molecule has 3 aromatic rings. The van der Waals surface area contributed by atoms with E-state index in [1.54, 1.807) is 46.8 Å². The average molecular weight is 416 g/mol. The molecule has 0 saturated carbocycles. The summed E-state index contributed by atoms with van der Waals surface area (Å²) in [5.74, 6) is 1.44. The van der Waals surface area contributed by atoms with Gasteiger partial charge in [0.25, 0.3) is 0 Å². The standard InChI is InChI=1S/C20H24N4O6/c1-26-10-13(11-27-2)23-20(25)30-17-9-22-19-18(17)24-14(8-21-19)12-5-6-15(28-3)16(7-12)29-4/h5-9,13H,10-11H2,1-4H3,(H,21,22)(H,23,25). The summed E-state index contributed by atoms with van der Waals surface area (Å²) in [7, 11) is 6.22. The normalized spacial score (nSPS) is 11.0. The molecule has 160 valence electrons. The van der Waals surface area contributed by atoms with Crippen LogP contribution in [-0.4, -0.2) is 68.7 Å². The van der Waals surface area contributed by atoms with Crippen molar-refractivity contribution in [3.05, 3.63) is 30.6 Å². The zero-order valence-corrected chi connectivity index (χ0v) is 17.2. The number of benzene rings is 1. The second kappa shape index (κ2) is 9.90. The Hall–Kier alpha value is -3.37. The van der Waals surface area contributed by atoms with Gasteiger partial charge in [-0.3, -0.25) is 0 Å². The Morgan fingerprint density at radius 2 is 1.80 bits per heavy atom. The maximum atomic E-state index is 12.3. The Bertz CT molecular complexity index is 1000. The van der Waals surface area contributed by atoms with Crippen LogP contribution in [0, 0.1) is 0 Å². The van der Waals surface area contributed by atoms with Crippen molar-refractivity contribution in [3.8, 4) is 28.5 Å². The van der Waals surface area contributed by atoms with E-state index in [1.165, 1.54) is 6.20 Å². The molecule has 10 heteroatoms. The molecule has 1 amide bonds. The van der Waals surface area contributed by atoms with Crippen LogP contribution in [0.15, 0.2) is 30.6 Å². The molecule has 0 aliphatic carbocycles. The zero-order chi connectivity index (χ0) is 21.5. The lowest BCUT2D eigenvalue weighted by Crippen LogP contribution is -2.42. The first kappa shape index (κ1) is 21.3. The summed E-state index contributed by atoms with van der Waals surface area (Å²) in [5.41, 5.74) is 2.28. The van der Waals surface area contributed by atoms with Gasteiger partial charge in [-0.25, -0.2) is 14.8 Å². The van der Waals surface area contributed by atoms with Gasteiger partial charge in [-0.15, -0.1) is 0 Å². The van der Waals surface area contributed by atoms with Gasteiger partial charge in [-0.1, -0.05) is 0 Å². The van der Waals surface area contributed by atoms with E-state index in [0.29, 0.717) is 41.6 Å². The molecule has 0 spiro atoms. The predicted molar refractivity (Wildman–Crippen MR) is 109 cm³/mol. The molecular weight excluding hydrogens is 392 g/mol. The molecular formula is C20H24N4O6. The fourth-order valence-electron chi connectivity index (χ4n) is 2.91. The van der Waals surface area contributed by atoms with Crippen LogP contribution in [0.5, 0.6) is 17.2 Å². The van der Waals surface area contributed by atoms with Gasteiger partial charge in [-0.2, -0.15) is 0 Å². The second-order valence-electron chi connectivity index (χ2n) is 6.32. The van der Waals surface area contributed by atoms with E-state index in [1.807, 2.05) is 6.07 Å². The van der Waals surface area contributed by atoms with Crippen molar-refractivity contribution in [3.63, 3.8) is 0 Å². The summed E-state index contributed by atoms with van der Waals surface area (Å²) >= 11 is 0. The number of carbonyl (C=O) groups is 1. The van der Waals surface area contributed by atoms with Gasteiger partial charge in [-0.05, 0) is 18.2 Å². The van der Waals surface area contributed by atoms with Crippen molar-refractivity contribution in [1.82, 2.24) is 20.3 Å². The van der Waals surface area contributed by atoms with Crippen molar-refractivity contribution in [2.24, 2.45) is 0 Å². The highest BCUT2D eigenvalue weighted by Gasteiger charge is 2.17. The second-order valence-corrected chi connectivity index (χ2v) is 6.32. The van der Waals surface area contributed by atoms with Gasteiger partial charge in [0.15, 0.2) is 28.4 Å². The van der Waals surface area contributed by atoms with Crippen LogP contribution in [0.3, 0.4) is 0 Å². The van der Waals surface area contributed by atoms with Crippen molar-refractivity contribution in [1.29, 1.82) is 0 Å². The summed E-state index contributed by atoms with van der Waals surface area (Å²) < 4.78 is 26.2. The summed E-state index contributed by atoms with van der Waals surface area (Å²) in [6, 6.07) is 5.09. The van der Waals surface area contributed by atoms with Gasteiger partial charge >= 0.3 is 6.09 Å². The largest absolute Gasteiger partial charge is 0.493 e. The summed E-state index contributed by atoms with van der Waals surface area (Å²) in [5, 5.41) is 2.69. The van der Waals surface area contributed by atoms with Crippen LogP contribution in [0.4, 0.5) is 4.79 Å². The van der Waals surface area contributed by atoms with Crippen molar-refractivity contribution in [2.45, 2.75) is 6.04 Å². The maximum Gasteiger partial charge on any atom is 0.413 e. The van der Waals surface area contributed by atoms with E-state index < -0.39 is 6.09 Å². The van der Waals surface area contributed by atoms with Crippen LogP contribution in [0.25, 0.3) is 22.4 Å². The first-order valence-corrected chi connectivity index (χ1v) is 9.12. The maximum absolute atomic E-state index is 12.3. The lowest BCUT2D eigenvalue weighted by Gasteiger charge is -2.16. The van der Waals surface area contributed by atoms with Gasteiger partial charge in [0.05, 0.1) is 45.4 Å². The monoisotopic (exact) mass is 416 g/mol. The fraction of sp³-hybridized carbons (Fsp3) is 0.350. The van der Waals surface area contributed by atoms with Gasteiger partial charge < -0.3 is 34.0 Å². The number of nitrogens with one attached hydrogen (secondary N) is 2. The number of hydrogen-bond acceptors (Lipinski definition) is 8. The number of rotatable bonds is 9. The zero-order valence-electron chi connectivity index (χ0n) is 17.2. The number of fused-ring (bicyclic) bond motifs is 1. The molecule has 2 N–H and O–H groups in total. The third kappa shape index (κ3) is 4.78. The number of carbonyl (C=O) groups excluding carboxylic acids is 1. The number of H-pyrrole nitrogens is 1. The summed E-state index contributed by atoms with van der Waals surface area (Å²) in [6.07, 6.45) is 2.51. The molecule has 2 aromatic heterocycles. The summed E-state index contributed by atoms with van der Waals surface area (Å²) in [4.78, 5) is 24.2. The molecule has 0 radical (unpaired) electrons. The molecule has 0 saturated heterocycles. The minimum Gasteiger partial charge on any atom is -0.493 e. The molecule has 10 nitrogen and oxygen atoms in total. The molecule has 30 heavy (non-hydrogen) atoms. The van der Waals surface area contributed by atoms with Gasteiger partial charge in [0.2, 0.25) is 0 Å². The van der Waals surface area contributed by atoms with Gasteiger partial charge in [0, 0.05) is 26.0 Å². The average Bonchev–Trinajstić information content (AvgIpc) is 3.15. The Morgan fingerprint density at radius 1 is 1.07 bits per heavy atom. The third-order valence-corrected chi connectivity index (χ3v) is 4.29. The summed E-state index contributed by atoms with van der Waals surface area (Å²) in [6.45, 7) is 0.583. The fourth-order valence-corrected chi connectivity index (χ4v) is 2.91. The van der Waals surface area contributed by atoms with Crippen LogP contribution in [0.1, 0.15) is 0 Å². The molecule has 2 heterocycles. The molecule has 0 atom stereocenters. The van der Waals surface area contributed by atoms with E-state index in [9.17, 15) is 4.79 Å². The lowest BCUT2D eigenvalue weighted by atomic mass is 10.1. The van der Waals surface area contributed by atoms with E-state index in [0.717, 1.165) is 5.56 Å². The van der Waals surface area contributed by atoms with E-state index in [4.69, 9.17) is 23.7 Å². The highest BCUT2D eigenvalue weighted by molar-refractivity contribution is 5.84. The van der Waals surface area contributed by atoms with Crippen molar-refractivity contribution < 1.29 is 28.5 Å². The number of aromatic nitrogens is 3. The highest BCUT2D eigenvalue weighted by atomic mass is 16.6. The van der Waals surface area contributed by atoms with Gasteiger partial charge in [0.1, 0.15) is 0 Å². The molecule has 0 fully saturated rings. The molecule has 1 aromatic carbocycles. The van der Waals surface area contributed by atoms with Crippen LogP contribution in [-0.2, 0) is 9.47 Å². The Labute approximate surface area is 173 Å². The van der Waals surface area contributed by atoms with Crippen molar-refractivity contribution >= 4 is 17.3 Å². The Balaban J connectivity index is 1.84. The predicted octanol–water partition coefficient (Wildman–Crippen LogP) is 2.39. The highest BCUT2D eigenvalue weighted by Crippen LogP contribution is 2.32. The number of hydrogen-bond donors (Lipinski definition) is 2. The first-order valence-electron chi connectivity index (χ1n) is 9.12. The van der Waals surface area contributed by atoms with Crippen LogP contribution in [0.2, 0.25) is 0 Å². The topological polar surface area (TPSA) is 117 Å². The molecule has 0 bridgehead atoms. The first-order chi connectivity index (χ1) is 14.6. The number of amides is 1. The number of methoxy groups -OCH3 is 4. The lowest BCUT2D eigenvalue weighted by molar-refractivity contribution is 0.101. The smallest absolute Gasteiger partial charge is 0.413 e.